The lowest BCUT2D eigenvalue weighted by Crippen LogP contribution is -2.36. The summed E-state index contributed by atoms with van der Waals surface area (Å²) in [5.41, 5.74) is 6.62. The summed E-state index contributed by atoms with van der Waals surface area (Å²) < 4.78 is 53.7. The fraction of sp³-hybridized carbons (Fsp3) is 0.250. The molecule has 1 amide bonds. The molecule has 0 atom stereocenters. The molecule has 2 heterocycles. The number of amides is 1. The van der Waals surface area contributed by atoms with Gasteiger partial charge in [-0.25, -0.2) is 4.39 Å². The molecule has 0 bridgehead atoms. The summed E-state index contributed by atoms with van der Waals surface area (Å²) in [6.07, 6.45) is -2.66. The number of fused-ring (bicyclic) bond motifs is 1. The Bertz CT molecular complexity index is 976. The number of nitrogens with two attached hydrogens (primary N) is 1. The molecular weight excluding hydrogens is 406 g/mol. The Labute approximate surface area is 169 Å². The van der Waals surface area contributed by atoms with E-state index in [9.17, 15) is 22.4 Å². The van der Waals surface area contributed by atoms with Crippen LogP contribution < -0.4 is 11.1 Å². The van der Waals surface area contributed by atoms with Crippen molar-refractivity contribution in [3.8, 4) is 0 Å². The summed E-state index contributed by atoms with van der Waals surface area (Å²) in [6.45, 7) is 3.57. The average molecular weight is 425 g/mol. The molecule has 3 rings (SSSR count). The summed E-state index contributed by atoms with van der Waals surface area (Å²) in [7, 11) is 0. The number of dihydropyridines is 1. The van der Waals surface area contributed by atoms with Crippen LogP contribution in [0.1, 0.15) is 19.4 Å². The van der Waals surface area contributed by atoms with E-state index in [2.05, 4.69) is 5.32 Å². The quantitative estimate of drug-likeness (QED) is 0.691. The molecule has 1 aromatic carbocycles. The van der Waals surface area contributed by atoms with Crippen LogP contribution in [-0.4, -0.2) is 22.7 Å². The van der Waals surface area contributed by atoms with Gasteiger partial charge in [0.05, 0.1) is 27.6 Å². The number of primary amides is 1. The first-order valence-corrected chi connectivity index (χ1v) is 9.78. The van der Waals surface area contributed by atoms with Crippen LogP contribution in [-0.2, 0) is 11.3 Å². The van der Waals surface area contributed by atoms with Crippen molar-refractivity contribution in [1.29, 1.82) is 0 Å². The van der Waals surface area contributed by atoms with Gasteiger partial charge in [-0.1, -0.05) is 19.1 Å². The highest BCUT2D eigenvalue weighted by molar-refractivity contribution is 8.03. The van der Waals surface area contributed by atoms with E-state index in [4.69, 9.17) is 5.73 Å². The zero-order chi connectivity index (χ0) is 21.3. The van der Waals surface area contributed by atoms with Crippen molar-refractivity contribution in [3.63, 3.8) is 0 Å². The third-order valence-corrected chi connectivity index (χ3v) is 5.49. The standard InChI is InChI=1S/C20H19F4N3OS/c1-3-29-19-16(18(25)28)11(2)17-15(8-13(9-26-17)20(22,23)24)27(19)10-12-5-4-6-14(21)7-12/h4-9,26H,3,10H2,1-2H3,(H2,25,28). The molecule has 4 nitrogen and oxygen atoms in total. The van der Waals surface area contributed by atoms with Crippen molar-refractivity contribution in [2.75, 3.05) is 5.75 Å². The number of nitrogens with zero attached hydrogens (tertiary/aromatic N) is 1. The molecule has 0 saturated carbocycles. The van der Waals surface area contributed by atoms with Crippen LogP contribution in [0, 0.1) is 5.82 Å². The van der Waals surface area contributed by atoms with E-state index in [1.807, 2.05) is 6.92 Å². The van der Waals surface area contributed by atoms with Gasteiger partial charge in [0.1, 0.15) is 5.82 Å². The number of carbonyl (C=O) groups excluding carboxylic acids is 1. The predicted molar refractivity (Wildman–Crippen MR) is 104 cm³/mol. The number of rotatable bonds is 5. The predicted octanol–water partition coefficient (Wildman–Crippen LogP) is 4.30. The molecule has 9 heteroatoms. The summed E-state index contributed by atoms with van der Waals surface area (Å²) in [5, 5.41) is 3.11. The number of nitrogens with one attached hydrogen (secondary N) is 1. The van der Waals surface area contributed by atoms with Gasteiger partial charge in [-0.05, 0) is 42.0 Å². The molecule has 0 unspecified atom stereocenters. The number of allylic oxidation sites excluding steroid dienone is 2. The normalized spacial score (nSPS) is 17.0. The van der Waals surface area contributed by atoms with Crippen LogP contribution in [0.3, 0.4) is 0 Å². The molecule has 0 radical (unpaired) electrons. The Morgan fingerprint density at radius 2 is 2.03 bits per heavy atom. The molecule has 3 N–H and O–H groups in total. The summed E-state index contributed by atoms with van der Waals surface area (Å²) in [6, 6.07) is 5.79. The van der Waals surface area contributed by atoms with Gasteiger partial charge in [-0.2, -0.15) is 13.2 Å². The Balaban J connectivity index is 2.19. The molecule has 0 fully saturated rings. The highest BCUT2D eigenvalue weighted by Gasteiger charge is 2.38. The van der Waals surface area contributed by atoms with E-state index in [0.29, 0.717) is 27.6 Å². The Morgan fingerprint density at radius 1 is 1.31 bits per heavy atom. The molecule has 2 aliphatic rings. The first kappa shape index (κ1) is 21.0. The smallest absolute Gasteiger partial charge is 0.366 e. The fourth-order valence-electron chi connectivity index (χ4n) is 3.24. The SMILES string of the molecule is CCSC1=C(C(N)=O)C(C)=C2NC=C(C(F)(F)F)C=C2N1Cc1cccc(F)c1. The van der Waals surface area contributed by atoms with Gasteiger partial charge in [0.25, 0.3) is 5.91 Å². The minimum absolute atomic E-state index is 0.0757. The van der Waals surface area contributed by atoms with Crippen molar-refractivity contribution in [2.45, 2.75) is 26.6 Å². The molecule has 0 saturated heterocycles. The average Bonchev–Trinajstić information content (AvgIpc) is 2.63. The molecule has 2 aliphatic heterocycles. The van der Waals surface area contributed by atoms with Crippen molar-refractivity contribution in [1.82, 2.24) is 10.2 Å². The number of thioether (sulfide) groups is 1. The second kappa shape index (κ2) is 7.98. The number of halogens is 4. The summed E-state index contributed by atoms with van der Waals surface area (Å²) >= 11 is 1.30. The highest BCUT2D eigenvalue weighted by Crippen LogP contribution is 2.42. The van der Waals surface area contributed by atoms with Gasteiger partial charge in [0, 0.05) is 12.7 Å². The molecular formula is C20H19F4N3OS. The number of alkyl halides is 3. The molecule has 1 aromatic rings. The third-order valence-electron chi connectivity index (χ3n) is 4.50. The molecule has 29 heavy (non-hydrogen) atoms. The van der Waals surface area contributed by atoms with Gasteiger partial charge >= 0.3 is 6.18 Å². The molecule has 0 spiro atoms. The second-order valence-electron chi connectivity index (χ2n) is 6.46. The maximum atomic E-state index is 13.7. The minimum Gasteiger partial charge on any atom is -0.366 e. The van der Waals surface area contributed by atoms with Crippen LogP contribution in [0.5, 0.6) is 0 Å². The van der Waals surface area contributed by atoms with Crippen molar-refractivity contribution >= 4 is 17.7 Å². The first-order chi connectivity index (χ1) is 13.6. The maximum Gasteiger partial charge on any atom is 0.417 e. The van der Waals surface area contributed by atoms with Crippen molar-refractivity contribution in [2.24, 2.45) is 5.73 Å². The Morgan fingerprint density at radius 3 is 2.62 bits per heavy atom. The van der Waals surface area contributed by atoms with Gasteiger partial charge in [0.2, 0.25) is 0 Å². The van der Waals surface area contributed by atoms with Crippen LogP contribution in [0.15, 0.2) is 69.7 Å². The van der Waals surface area contributed by atoms with E-state index < -0.39 is 23.5 Å². The maximum absolute atomic E-state index is 13.7. The third kappa shape index (κ3) is 4.19. The lowest BCUT2D eigenvalue weighted by Gasteiger charge is -2.38. The van der Waals surface area contributed by atoms with Gasteiger partial charge in [-0.3, -0.25) is 4.79 Å². The molecule has 154 valence electrons. The van der Waals surface area contributed by atoms with Gasteiger partial charge in [-0.15, -0.1) is 11.8 Å². The number of carbonyl (C=O) groups is 1. The Hall–Kier alpha value is -2.68. The van der Waals surface area contributed by atoms with E-state index in [0.717, 1.165) is 12.3 Å². The lowest BCUT2D eigenvalue weighted by molar-refractivity contribution is -0.114. The molecule has 0 aromatic heterocycles. The van der Waals surface area contributed by atoms with Crippen molar-refractivity contribution in [3.05, 3.63) is 81.1 Å². The molecule has 0 aliphatic carbocycles. The zero-order valence-electron chi connectivity index (χ0n) is 15.7. The van der Waals surface area contributed by atoms with Crippen molar-refractivity contribution < 1.29 is 22.4 Å². The van der Waals surface area contributed by atoms with Gasteiger partial charge < -0.3 is 16.0 Å². The zero-order valence-corrected chi connectivity index (χ0v) is 16.5. The van der Waals surface area contributed by atoms with E-state index in [1.54, 1.807) is 17.9 Å². The monoisotopic (exact) mass is 425 g/mol. The minimum atomic E-state index is -4.55. The topological polar surface area (TPSA) is 58.4 Å². The van der Waals surface area contributed by atoms with Crippen LogP contribution in [0.25, 0.3) is 0 Å². The Kier molecular flexibility index (Phi) is 5.79. The van der Waals surface area contributed by atoms with E-state index >= 15 is 0 Å². The highest BCUT2D eigenvalue weighted by atomic mass is 32.2. The summed E-state index contributed by atoms with van der Waals surface area (Å²) in [5.74, 6) is -0.569. The van der Waals surface area contributed by atoms with Crippen LogP contribution >= 0.6 is 11.8 Å². The van der Waals surface area contributed by atoms with Crippen LogP contribution in [0.2, 0.25) is 0 Å². The largest absolute Gasteiger partial charge is 0.417 e. The fourth-order valence-corrected chi connectivity index (χ4v) is 4.23. The van der Waals surface area contributed by atoms with E-state index in [-0.39, 0.29) is 17.8 Å². The van der Waals surface area contributed by atoms with E-state index in [1.165, 1.54) is 30.0 Å². The van der Waals surface area contributed by atoms with Gasteiger partial charge in [0.15, 0.2) is 0 Å². The second-order valence-corrected chi connectivity index (χ2v) is 7.72. The summed E-state index contributed by atoms with van der Waals surface area (Å²) in [4.78, 5) is 13.8. The number of hydrogen-bond acceptors (Lipinski definition) is 4. The first-order valence-electron chi connectivity index (χ1n) is 8.79. The lowest BCUT2D eigenvalue weighted by atomic mass is 9.96. The van der Waals surface area contributed by atoms with Crippen LogP contribution in [0.4, 0.5) is 17.6 Å². The number of benzene rings is 1. The number of hydrogen-bond donors (Lipinski definition) is 2.